The minimum Gasteiger partial charge on any atom is -0.475 e. The Labute approximate surface area is 150 Å². The van der Waals surface area contributed by atoms with Crippen molar-refractivity contribution in [1.82, 2.24) is 25.1 Å². The number of halogens is 1. The topological polar surface area (TPSA) is 81.4 Å². The highest BCUT2D eigenvalue weighted by Gasteiger charge is 2.11. The number of amides is 1. The number of benzene rings is 1. The Morgan fingerprint density at radius 3 is 2.96 bits per heavy atom. The Morgan fingerprint density at radius 2 is 2.15 bits per heavy atom. The SMILES string of the molecule is CCCCC(=O)NCCOc1ccc2nnc(-c3cccc(F)c3)n2n1. The minimum absolute atomic E-state index is 0.0195. The van der Waals surface area contributed by atoms with Gasteiger partial charge >= 0.3 is 0 Å². The fourth-order valence-corrected chi connectivity index (χ4v) is 2.43. The fraction of sp³-hybridized carbons (Fsp3) is 0.333. The quantitative estimate of drug-likeness (QED) is 0.627. The van der Waals surface area contributed by atoms with E-state index in [0.29, 0.717) is 42.5 Å². The van der Waals surface area contributed by atoms with Crippen LogP contribution in [0.3, 0.4) is 0 Å². The monoisotopic (exact) mass is 357 g/mol. The van der Waals surface area contributed by atoms with E-state index in [0.717, 1.165) is 12.8 Å². The summed E-state index contributed by atoms with van der Waals surface area (Å²) in [5.74, 6) is 0.465. The van der Waals surface area contributed by atoms with Crippen molar-refractivity contribution in [3.8, 4) is 17.3 Å². The molecular formula is C18H20FN5O2. The van der Waals surface area contributed by atoms with Gasteiger partial charge in [0.2, 0.25) is 11.8 Å². The number of nitrogens with zero attached hydrogens (tertiary/aromatic N) is 4. The van der Waals surface area contributed by atoms with Crippen LogP contribution in [0.2, 0.25) is 0 Å². The molecule has 0 aliphatic heterocycles. The second-order valence-electron chi connectivity index (χ2n) is 5.78. The van der Waals surface area contributed by atoms with Crippen molar-refractivity contribution in [3.63, 3.8) is 0 Å². The van der Waals surface area contributed by atoms with Crippen molar-refractivity contribution in [3.05, 3.63) is 42.2 Å². The van der Waals surface area contributed by atoms with Crippen LogP contribution in [0.15, 0.2) is 36.4 Å². The molecule has 0 unspecified atom stereocenters. The normalized spacial score (nSPS) is 10.8. The number of fused-ring (bicyclic) bond motifs is 1. The van der Waals surface area contributed by atoms with Crippen LogP contribution in [0, 0.1) is 5.82 Å². The third kappa shape index (κ3) is 4.33. The third-order valence-electron chi connectivity index (χ3n) is 3.75. The lowest BCUT2D eigenvalue weighted by molar-refractivity contribution is -0.121. The second-order valence-corrected chi connectivity index (χ2v) is 5.78. The molecule has 1 aromatic carbocycles. The van der Waals surface area contributed by atoms with Gasteiger partial charge in [-0.3, -0.25) is 4.79 Å². The Bertz CT molecular complexity index is 896. The van der Waals surface area contributed by atoms with E-state index in [1.54, 1.807) is 24.3 Å². The maximum atomic E-state index is 13.4. The van der Waals surface area contributed by atoms with E-state index in [4.69, 9.17) is 4.74 Å². The number of hydrogen-bond donors (Lipinski definition) is 1. The molecular weight excluding hydrogens is 337 g/mol. The molecule has 1 N–H and O–H groups in total. The molecule has 0 bridgehead atoms. The standard InChI is InChI=1S/C18H20FN5O2/c1-2-3-7-16(25)20-10-11-26-17-9-8-15-21-22-18(24(15)23-17)13-5-4-6-14(19)12-13/h4-6,8-9,12H,2-3,7,10-11H2,1H3,(H,20,25). The number of carbonyl (C=O) groups is 1. The Balaban J connectivity index is 1.65. The summed E-state index contributed by atoms with van der Waals surface area (Å²) >= 11 is 0. The smallest absolute Gasteiger partial charge is 0.231 e. The molecule has 0 fully saturated rings. The zero-order chi connectivity index (χ0) is 18.4. The van der Waals surface area contributed by atoms with Crippen LogP contribution in [-0.4, -0.2) is 38.9 Å². The minimum atomic E-state index is -0.356. The molecule has 7 nitrogen and oxygen atoms in total. The van der Waals surface area contributed by atoms with Gasteiger partial charge in [-0.05, 0) is 24.6 Å². The van der Waals surface area contributed by atoms with Crippen LogP contribution in [0.1, 0.15) is 26.2 Å². The lowest BCUT2D eigenvalue weighted by atomic mass is 10.2. The zero-order valence-electron chi connectivity index (χ0n) is 14.5. The number of unbranched alkanes of at least 4 members (excludes halogenated alkanes) is 1. The zero-order valence-corrected chi connectivity index (χ0v) is 14.5. The molecule has 3 aromatic rings. The first-order chi connectivity index (χ1) is 12.7. The van der Waals surface area contributed by atoms with Crippen molar-refractivity contribution in [2.24, 2.45) is 0 Å². The number of carbonyl (C=O) groups excluding carboxylic acids is 1. The maximum Gasteiger partial charge on any atom is 0.231 e. The molecule has 0 atom stereocenters. The van der Waals surface area contributed by atoms with Gasteiger partial charge in [-0.1, -0.05) is 25.5 Å². The first-order valence-corrected chi connectivity index (χ1v) is 8.55. The molecule has 26 heavy (non-hydrogen) atoms. The Morgan fingerprint density at radius 1 is 1.27 bits per heavy atom. The number of rotatable bonds is 8. The van der Waals surface area contributed by atoms with Crippen molar-refractivity contribution in [2.75, 3.05) is 13.2 Å². The van der Waals surface area contributed by atoms with Gasteiger partial charge < -0.3 is 10.1 Å². The van der Waals surface area contributed by atoms with Crippen molar-refractivity contribution >= 4 is 11.6 Å². The van der Waals surface area contributed by atoms with Gasteiger partial charge in [0.25, 0.3) is 0 Å². The highest BCUT2D eigenvalue weighted by Crippen LogP contribution is 2.19. The Hall–Kier alpha value is -3.03. The first kappa shape index (κ1) is 17.8. The lowest BCUT2D eigenvalue weighted by Crippen LogP contribution is -2.27. The summed E-state index contributed by atoms with van der Waals surface area (Å²) in [4.78, 5) is 11.5. The summed E-state index contributed by atoms with van der Waals surface area (Å²) in [5.41, 5.74) is 1.11. The van der Waals surface area contributed by atoms with Crippen molar-refractivity contribution < 1.29 is 13.9 Å². The molecule has 0 radical (unpaired) electrons. The number of nitrogens with one attached hydrogen (secondary N) is 1. The molecule has 1 amide bonds. The molecule has 8 heteroatoms. The second kappa shape index (κ2) is 8.37. The number of hydrogen-bond acceptors (Lipinski definition) is 5. The summed E-state index contributed by atoms with van der Waals surface area (Å²) in [6.45, 7) is 2.75. The van der Waals surface area contributed by atoms with Crippen molar-refractivity contribution in [2.45, 2.75) is 26.2 Å². The van der Waals surface area contributed by atoms with Crippen LogP contribution in [0.5, 0.6) is 5.88 Å². The van der Waals surface area contributed by atoms with E-state index in [2.05, 4.69) is 20.6 Å². The predicted molar refractivity (Wildman–Crippen MR) is 94.2 cm³/mol. The highest BCUT2D eigenvalue weighted by molar-refractivity contribution is 5.75. The third-order valence-corrected chi connectivity index (χ3v) is 3.75. The van der Waals surface area contributed by atoms with E-state index < -0.39 is 0 Å². The molecule has 0 saturated carbocycles. The van der Waals surface area contributed by atoms with Gasteiger partial charge in [0.1, 0.15) is 12.4 Å². The van der Waals surface area contributed by atoms with E-state index in [1.165, 1.54) is 16.6 Å². The van der Waals surface area contributed by atoms with E-state index in [-0.39, 0.29) is 11.7 Å². The van der Waals surface area contributed by atoms with Gasteiger partial charge in [0, 0.05) is 18.1 Å². The molecule has 0 aliphatic carbocycles. The lowest BCUT2D eigenvalue weighted by Gasteiger charge is -2.07. The highest BCUT2D eigenvalue weighted by atomic mass is 19.1. The van der Waals surface area contributed by atoms with Crippen LogP contribution in [-0.2, 0) is 4.79 Å². The largest absolute Gasteiger partial charge is 0.475 e. The van der Waals surface area contributed by atoms with Gasteiger partial charge in [-0.25, -0.2) is 4.39 Å². The maximum absolute atomic E-state index is 13.4. The molecule has 0 aliphatic rings. The summed E-state index contributed by atoms with van der Waals surface area (Å²) in [6, 6.07) is 9.48. The van der Waals surface area contributed by atoms with Crippen LogP contribution in [0.25, 0.3) is 17.0 Å². The van der Waals surface area contributed by atoms with E-state index in [9.17, 15) is 9.18 Å². The van der Waals surface area contributed by atoms with Gasteiger partial charge in [-0.2, -0.15) is 4.52 Å². The predicted octanol–water partition coefficient (Wildman–Crippen LogP) is 2.62. The van der Waals surface area contributed by atoms with Crippen LogP contribution >= 0.6 is 0 Å². The molecule has 136 valence electrons. The molecule has 2 heterocycles. The molecule has 3 rings (SSSR count). The molecule has 2 aromatic heterocycles. The van der Waals surface area contributed by atoms with Crippen LogP contribution < -0.4 is 10.1 Å². The first-order valence-electron chi connectivity index (χ1n) is 8.55. The average Bonchev–Trinajstić information content (AvgIpc) is 3.07. The van der Waals surface area contributed by atoms with Crippen LogP contribution in [0.4, 0.5) is 4.39 Å². The summed E-state index contributed by atoms with van der Waals surface area (Å²) in [5, 5.41) is 15.2. The van der Waals surface area contributed by atoms with Gasteiger partial charge in [0.15, 0.2) is 11.5 Å². The number of aromatic nitrogens is 4. The number of ether oxygens (including phenoxy) is 1. The Kier molecular flexibility index (Phi) is 5.73. The average molecular weight is 357 g/mol. The summed E-state index contributed by atoms with van der Waals surface area (Å²) in [6.07, 6.45) is 2.39. The summed E-state index contributed by atoms with van der Waals surface area (Å²) < 4.78 is 20.5. The van der Waals surface area contributed by atoms with Gasteiger partial charge in [0.05, 0.1) is 6.54 Å². The van der Waals surface area contributed by atoms with E-state index in [1.807, 2.05) is 6.92 Å². The van der Waals surface area contributed by atoms with E-state index >= 15 is 0 Å². The van der Waals surface area contributed by atoms with Gasteiger partial charge in [-0.15, -0.1) is 15.3 Å². The van der Waals surface area contributed by atoms with Crippen molar-refractivity contribution in [1.29, 1.82) is 0 Å². The molecule has 0 spiro atoms. The molecule has 0 saturated heterocycles. The summed E-state index contributed by atoms with van der Waals surface area (Å²) in [7, 11) is 0. The fourth-order valence-electron chi connectivity index (χ4n) is 2.43.